The summed E-state index contributed by atoms with van der Waals surface area (Å²) in [5, 5.41) is 6.02. The van der Waals surface area contributed by atoms with E-state index in [4.69, 9.17) is 16.3 Å². The van der Waals surface area contributed by atoms with E-state index in [0.29, 0.717) is 16.4 Å². The monoisotopic (exact) mass is 461 g/mol. The SMILES string of the molecule is C/C(=C\N=C(/N(C)C=O)N1CCC2(CCOC2)CC1)Sc1ccc2nn(C)cc2c1Cl. The molecule has 0 aliphatic carbocycles. The van der Waals surface area contributed by atoms with Gasteiger partial charge >= 0.3 is 0 Å². The Morgan fingerprint density at radius 3 is 2.81 bits per heavy atom. The number of aromatic nitrogens is 2. The van der Waals surface area contributed by atoms with Crippen molar-refractivity contribution in [3.8, 4) is 0 Å². The van der Waals surface area contributed by atoms with Gasteiger partial charge < -0.3 is 9.64 Å². The van der Waals surface area contributed by atoms with Crippen molar-refractivity contribution in [3.63, 3.8) is 0 Å². The van der Waals surface area contributed by atoms with Gasteiger partial charge in [-0.1, -0.05) is 23.4 Å². The van der Waals surface area contributed by atoms with Gasteiger partial charge in [0.2, 0.25) is 12.4 Å². The lowest BCUT2D eigenvalue weighted by Crippen LogP contribution is -2.48. The Kier molecular flexibility index (Phi) is 6.60. The van der Waals surface area contributed by atoms with E-state index < -0.39 is 0 Å². The molecule has 0 N–H and O–H groups in total. The summed E-state index contributed by atoms with van der Waals surface area (Å²) in [6.07, 6.45) is 7.81. The van der Waals surface area contributed by atoms with Gasteiger partial charge in [-0.3, -0.25) is 14.4 Å². The molecule has 9 heteroatoms. The molecule has 1 amide bonds. The number of aryl methyl sites for hydroxylation is 1. The Hall–Kier alpha value is -2.03. The number of thioether (sulfide) groups is 1. The van der Waals surface area contributed by atoms with Crippen LogP contribution in [0.2, 0.25) is 5.02 Å². The standard InChI is InChI=1S/C22H28ClN5O2S/c1-16(31-19-5-4-18-17(20(19)23)13-27(3)25-18)12-24-21(26(2)15-29)28-9-6-22(7-10-28)8-11-30-14-22/h4-5,12-13,15H,6-11,14H2,1-3H3/b16-12+,24-21+. The summed E-state index contributed by atoms with van der Waals surface area (Å²) in [6.45, 7) is 5.47. The summed E-state index contributed by atoms with van der Waals surface area (Å²) >= 11 is 8.17. The second kappa shape index (κ2) is 9.22. The molecule has 1 aromatic carbocycles. The van der Waals surface area contributed by atoms with E-state index >= 15 is 0 Å². The molecule has 3 heterocycles. The molecule has 1 spiro atoms. The Bertz CT molecular complexity index is 1020. The van der Waals surface area contributed by atoms with Crippen molar-refractivity contribution in [1.82, 2.24) is 19.6 Å². The van der Waals surface area contributed by atoms with Crippen LogP contribution in [0, 0.1) is 5.41 Å². The molecule has 0 saturated carbocycles. The Morgan fingerprint density at radius 2 is 2.13 bits per heavy atom. The molecule has 2 aromatic rings. The minimum absolute atomic E-state index is 0.310. The fourth-order valence-electron chi connectivity index (χ4n) is 4.25. The van der Waals surface area contributed by atoms with Crippen LogP contribution in [-0.2, 0) is 16.6 Å². The minimum Gasteiger partial charge on any atom is -0.381 e. The summed E-state index contributed by atoms with van der Waals surface area (Å²) in [5.74, 6) is 0.678. The number of halogens is 1. The number of rotatable bonds is 4. The highest BCUT2D eigenvalue weighted by atomic mass is 35.5. The number of guanidine groups is 1. The van der Waals surface area contributed by atoms with Gasteiger partial charge in [-0.2, -0.15) is 5.10 Å². The summed E-state index contributed by atoms with van der Waals surface area (Å²) in [6, 6.07) is 3.96. The summed E-state index contributed by atoms with van der Waals surface area (Å²) in [4.78, 5) is 21.9. The second-order valence-electron chi connectivity index (χ2n) is 8.39. The van der Waals surface area contributed by atoms with Gasteiger partial charge in [0.05, 0.1) is 17.1 Å². The highest BCUT2D eigenvalue weighted by Gasteiger charge is 2.39. The third kappa shape index (κ3) is 4.76. The molecule has 0 radical (unpaired) electrons. The number of carbonyl (C=O) groups excluding carboxylic acids is 1. The predicted octanol–water partition coefficient (Wildman–Crippen LogP) is 4.13. The van der Waals surface area contributed by atoms with Gasteiger partial charge in [-0.05, 0) is 43.7 Å². The van der Waals surface area contributed by atoms with E-state index in [1.54, 1.807) is 28.4 Å². The van der Waals surface area contributed by atoms with Crippen molar-refractivity contribution in [3.05, 3.63) is 34.5 Å². The number of carbonyl (C=O) groups is 1. The number of ether oxygens (including phenoxy) is 1. The van der Waals surface area contributed by atoms with Crippen molar-refractivity contribution in [2.45, 2.75) is 31.1 Å². The van der Waals surface area contributed by atoms with E-state index in [9.17, 15) is 4.79 Å². The number of nitrogens with zero attached hydrogens (tertiary/aromatic N) is 5. The van der Waals surface area contributed by atoms with Crippen LogP contribution >= 0.6 is 23.4 Å². The summed E-state index contributed by atoms with van der Waals surface area (Å²) in [5.41, 5.74) is 1.19. The van der Waals surface area contributed by atoms with E-state index in [-0.39, 0.29) is 0 Å². The number of fused-ring (bicyclic) bond motifs is 1. The van der Waals surface area contributed by atoms with E-state index in [1.165, 1.54) is 0 Å². The first kappa shape index (κ1) is 22.2. The molecule has 0 atom stereocenters. The van der Waals surface area contributed by atoms with Crippen LogP contribution in [0.5, 0.6) is 0 Å². The smallest absolute Gasteiger partial charge is 0.216 e. The van der Waals surface area contributed by atoms with Crippen LogP contribution in [0.1, 0.15) is 26.2 Å². The molecule has 4 rings (SSSR count). The van der Waals surface area contributed by atoms with Crippen LogP contribution in [0.15, 0.2) is 39.3 Å². The van der Waals surface area contributed by atoms with E-state index in [2.05, 4.69) is 15.0 Å². The average Bonchev–Trinajstić information content (AvgIpc) is 3.38. The van der Waals surface area contributed by atoms with E-state index in [1.807, 2.05) is 38.5 Å². The average molecular weight is 462 g/mol. The number of hydrogen-bond acceptors (Lipinski definition) is 5. The van der Waals surface area contributed by atoms with Gasteiger partial charge in [-0.15, -0.1) is 0 Å². The van der Waals surface area contributed by atoms with Crippen molar-refractivity contribution >= 4 is 46.6 Å². The fraction of sp³-hybridized carbons (Fsp3) is 0.500. The van der Waals surface area contributed by atoms with Crippen molar-refractivity contribution in [2.75, 3.05) is 33.4 Å². The molecule has 2 saturated heterocycles. The van der Waals surface area contributed by atoms with Crippen LogP contribution in [0.4, 0.5) is 0 Å². The highest BCUT2D eigenvalue weighted by Crippen LogP contribution is 2.39. The van der Waals surface area contributed by atoms with Crippen LogP contribution in [0.25, 0.3) is 10.9 Å². The van der Waals surface area contributed by atoms with Crippen molar-refractivity contribution < 1.29 is 9.53 Å². The Labute approximate surface area is 192 Å². The normalized spacial score (nSPS) is 19.4. The van der Waals surface area contributed by atoms with Crippen LogP contribution in [0.3, 0.4) is 0 Å². The molecule has 166 valence electrons. The number of aliphatic imine (C=N–C) groups is 1. The van der Waals surface area contributed by atoms with Gasteiger partial charge in [0.25, 0.3) is 0 Å². The fourth-order valence-corrected chi connectivity index (χ4v) is 5.37. The lowest BCUT2D eigenvalue weighted by atomic mass is 9.78. The molecular weight excluding hydrogens is 434 g/mol. The van der Waals surface area contributed by atoms with Gasteiger partial charge in [0.15, 0.2) is 0 Å². The maximum atomic E-state index is 11.5. The Balaban J connectivity index is 1.50. The molecular formula is C22H28ClN5O2S. The molecule has 7 nitrogen and oxygen atoms in total. The number of benzene rings is 1. The zero-order chi connectivity index (χ0) is 22.0. The lowest BCUT2D eigenvalue weighted by Gasteiger charge is -2.40. The van der Waals surface area contributed by atoms with E-state index in [0.717, 1.165) is 72.7 Å². The number of likely N-dealkylation sites (tertiary alicyclic amines) is 1. The molecule has 0 unspecified atom stereocenters. The van der Waals surface area contributed by atoms with Gasteiger partial charge in [-0.25, -0.2) is 4.99 Å². The number of hydrogen-bond donors (Lipinski definition) is 0. The maximum absolute atomic E-state index is 11.5. The quantitative estimate of drug-likeness (QED) is 0.296. The Morgan fingerprint density at radius 1 is 1.35 bits per heavy atom. The van der Waals surface area contributed by atoms with Crippen LogP contribution in [-0.4, -0.2) is 65.3 Å². The minimum atomic E-state index is 0.310. The van der Waals surface area contributed by atoms with Crippen molar-refractivity contribution in [1.29, 1.82) is 0 Å². The predicted molar refractivity (Wildman–Crippen MR) is 125 cm³/mol. The number of amides is 1. The molecule has 0 bridgehead atoms. The maximum Gasteiger partial charge on any atom is 0.216 e. The molecule has 2 aliphatic heterocycles. The summed E-state index contributed by atoms with van der Waals surface area (Å²) < 4.78 is 7.40. The molecule has 1 aromatic heterocycles. The van der Waals surface area contributed by atoms with Crippen molar-refractivity contribution in [2.24, 2.45) is 17.5 Å². The van der Waals surface area contributed by atoms with Crippen LogP contribution < -0.4 is 0 Å². The first-order chi connectivity index (χ1) is 14.9. The molecule has 2 fully saturated rings. The first-order valence-electron chi connectivity index (χ1n) is 10.5. The molecule has 2 aliphatic rings. The van der Waals surface area contributed by atoms with Gasteiger partial charge in [0.1, 0.15) is 0 Å². The van der Waals surface area contributed by atoms with Gasteiger partial charge in [0, 0.05) is 61.4 Å². The number of allylic oxidation sites excluding steroid dienone is 1. The highest BCUT2D eigenvalue weighted by molar-refractivity contribution is 8.03. The zero-order valence-corrected chi connectivity index (χ0v) is 19.7. The topological polar surface area (TPSA) is 63.0 Å². The lowest BCUT2D eigenvalue weighted by molar-refractivity contribution is -0.114. The molecule has 31 heavy (non-hydrogen) atoms. The largest absolute Gasteiger partial charge is 0.381 e. The zero-order valence-electron chi connectivity index (χ0n) is 18.2. The number of piperidine rings is 1. The summed E-state index contributed by atoms with van der Waals surface area (Å²) in [7, 11) is 3.63. The second-order valence-corrected chi connectivity index (χ2v) is 10.1. The third-order valence-electron chi connectivity index (χ3n) is 6.10. The first-order valence-corrected chi connectivity index (χ1v) is 11.7. The third-order valence-corrected chi connectivity index (χ3v) is 7.61.